The predicted molar refractivity (Wildman–Crippen MR) is 182 cm³/mol. The van der Waals surface area contributed by atoms with E-state index in [-0.39, 0.29) is 51.2 Å². The first kappa shape index (κ1) is 32.3. The van der Waals surface area contributed by atoms with E-state index in [4.69, 9.17) is 9.15 Å². The molecule has 1 aliphatic rings. The summed E-state index contributed by atoms with van der Waals surface area (Å²) >= 11 is 0. The van der Waals surface area contributed by atoms with Gasteiger partial charge in [-0.1, -0.05) is 12.1 Å². The van der Waals surface area contributed by atoms with Crippen molar-refractivity contribution in [3.05, 3.63) is 123 Å². The standard InChI is InChI=1S/C37H29F2N3O8/c38-22-3-5-23(6-4-22)42-19-27(37(47)48)35(45)26-17-29(39)31(18-30(26)42)41-11-9-40(10-12-41)13-14-49-25-15-32(44)34-33(16-25)50-20-28(36(34)46)21-1-7-24(43)8-2-21/h1-8,15-20,43-44H,9-14H2,(H,47,48). The molecule has 2 aromatic heterocycles. The Kier molecular flexibility index (Phi) is 8.42. The lowest BCUT2D eigenvalue weighted by atomic mass is 10.0. The number of fused-ring (bicyclic) bond motifs is 2. The number of pyridine rings is 1. The van der Waals surface area contributed by atoms with Crippen molar-refractivity contribution >= 4 is 33.5 Å². The van der Waals surface area contributed by atoms with E-state index in [9.17, 15) is 34.1 Å². The maximum atomic E-state index is 15.5. The van der Waals surface area contributed by atoms with Crippen molar-refractivity contribution in [2.24, 2.45) is 0 Å². The predicted octanol–water partition coefficient (Wildman–Crippen LogP) is 5.35. The molecule has 1 saturated heterocycles. The second-order valence-electron chi connectivity index (χ2n) is 11.9. The number of anilines is 1. The third-order valence-corrected chi connectivity index (χ3v) is 8.81. The molecular formula is C37H29F2N3O8. The number of aromatic carboxylic acids is 1. The topological polar surface area (TPSA) is 146 Å². The molecule has 11 nitrogen and oxygen atoms in total. The Morgan fingerprint density at radius 3 is 2.30 bits per heavy atom. The van der Waals surface area contributed by atoms with Gasteiger partial charge in [-0.05, 0) is 54.1 Å². The van der Waals surface area contributed by atoms with E-state index in [0.717, 1.165) is 12.3 Å². The van der Waals surface area contributed by atoms with Gasteiger partial charge in [0.25, 0.3) is 0 Å². The molecule has 0 bridgehead atoms. The second kappa shape index (κ2) is 13.0. The highest BCUT2D eigenvalue weighted by atomic mass is 19.1. The van der Waals surface area contributed by atoms with Crippen LogP contribution in [-0.4, -0.2) is 70.1 Å². The molecule has 3 N–H and O–H groups in total. The Bertz CT molecular complexity index is 2380. The smallest absolute Gasteiger partial charge is 0.341 e. The first-order chi connectivity index (χ1) is 24.1. The molecule has 0 amide bonds. The highest BCUT2D eigenvalue weighted by Crippen LogP contribution is 2.31. The van der Waals surface area contributed by atoms with Gasteiger partial charge < -0.3 is 33.9 Å². The minimum absolute atomic E-state index is 0.0111. The van der Waals surface area contributed by atoms with Gasteiger partial charge in [-0.25, -0.2) is 13.6 Å². The molecule has 254 valence electrons. The lowest BCUT2D eigenvalue weighted by Crippen LogP contribution is -2.47. The Hall–Kier alpha value is -6.21. The Morgan fingerprint density at radius 2 is 1.60 bits per heavy atom. The van der Waals surface area contributed by atoms with Crippen LogP contribution < -0.4 is 20.5 Å². The number of carbonyl (C=O) groups is 1. The lowest BCUT2D eigenvalue weighted by molar-refractivity contribution is 0.0695. The molecule has 50 heavy (non-hydrogen) atoms. The summed E-state index contributed by atoms with van der Waals surface area (Å²) in [6.07, 6.45) is 2.46. The summed E-state index contributed by atoms with van der Waals surface area (Å²) < 4.78 is 42.1. The highest BCUT2D eigenvalue weighted by Gasteiger charge is 2.23. The van der Waals surface area contributed by atoms with Crippen molar-refractivity contribution in [1.82, 2.24) is 9.47 Å². The zero-order valence-electron chi connectivity index (χ0n) is 26.3. The maximum Gasteiger partial charge on any atom is 0.341 e. The molecule has 4 aromatic carbocycles. The quantitative estimate of drug-likeness (QED) is 0.192. The third-order valence-electron chi connectivity index (χ3n) is 8.81. The van der Waals surface area contributed by atoms with Crippen LogP contribution >= 0.6 is 0 Å². The van der Waals surface area contributed by atoms with Crippen LogP contribution in [0.25, 0.3) is 38.7 Å². The van der Waals surface area contributed by atoms with Crippen LogP contribution in [0.4, 0.5) is 14.5 Å². The Morgan fingerprint density at radius 1 is 0.880 bits per heavy atom. The van der Waals surface area contributed by atoms with Crippen LogP contribution in [0.2, 0.25) is 0 Å². The van der Waals surface area contributed by atoms with E-state index < -0.39 is 34.0 Å². The van der Waals surface area contributed by atoms with Gasteiger partial charge in [-0.3, -0.25) is 14.5 Å². The number of halogens is 2. The number of nitrogens with zero attached hydrogens (tertiary/aromatic N) is 3. The van der Waals surface area contributed by atoms with E-state index in [2.05, 4.69) is 4.90 Å². The monoisotopic (exact) mass is 681 g/mol. The zero-order valence-corrected chi connectivity index (χ0v) is 26.3. The number of carboxylic acid groups (broad SMARTS) is 1. The summed E-state index contributed by atoms with van der Waals surface area (Å²) in [5.41, 5.74) is 0.0723. The van der Waals surface area contributed by atoms with Crippen LogP contribution in [-0.2, 0) is 0 Å². The molecule has 0 unspecified atom stereocenters. The Labute approximate surface area is 282 Å². The van der Waals surface area contributed by atoms with Gasteiger partial charge in [0, 0.05) is 62.1 Å². The summed E-state index contributed by atoms with van der Waals surface area (Å²) in [4.78, 5) is 41.9. The lowest BCUT2D eigenvalue weighted by Gasteiger charge is -2.36. The van der Waals surface area contributed by atoms with Gasteiger partial charge >= 0.3 is 5.97 Å². The number of phenolic OH excluding ortho intramolecular Hbond substituents is 2. The summed E-state index contributed by atoms with van der Waals surface area (Å²) in [5.74, 6) is -2.54. The van der Waals surface area contributed by atoms with E-state index in [1.165, 1.54) is 65.4 Å². The Balaban J connectivity index is 1.04. The van der Waals surface area contributed by atoms with Crippen molar-refractivity contribution < 1.29 is 38.0 Å². The van der Waals surface area contributed by atoms with Crippen molar-refractivity contribution in [3.63, 3.8) is 0 Å². The maximum absolute atomic E-state index is 15.5. The summed E-state index contributed by atoms with van der Waals surface area (Å²) in [6, 6.07) is 16.8. The summed E-state index contributed by atoms with van der Waals surface area (Å²) in [6.45, 7) is 2.77. The number of aromatic hydroxyl groups is 2. The van der Waals surface area contributed by atoms with Gasteiger partial charge in [0.1, 0.15) is 58.3 Å². The minimum atomic E-state index is -1.46. The third kappa shape index (κ3) is 6.10. The number of hydrogen-bond acceptors (Lipinski definition) is 9. The van der Waals surface area contributed by atoms with Crippen molar-refractivity contribution in [1.29, 1.82) is 0 Å². The molecule has 0 atom stereocenters. The first-order valence-electron chi connectivity index (χ1n) is 15.6. The average molecular weight is 682 g/mol. The molecule has 0 radical (unpaired) electrons. The number of rotatable bonds is 8. The van der Waals surface area contributed by atoms with E-state index >= 15 is 4.39 Å². The molecule has 0 saturated carbocycles. The normalized spacial score (nSPS) is 13.6. The number of phenols is 2. The van der Waals surface area contributed by atoms with Crippen LogP contribution in [0.1, 0.15) is 10.4 Å². The van der Waals surface area contributed by atoms with Crippen molar-refractivity contribution in [2.45, 2.75) is 0 Å². The molecular weight excluding hydrogens is 652 g/mol. The van der Waals surface area contributed by atoms with E-state index in [1.54, 1.807) is 12.1 Å². The van der Waals surface area contributed by atoms with Gasteiger partial charge in [0.2, 0.25) is 10.9 Å². The minimum Gasteiger partial charge on any atom is -0.508 e. The van der Waals surface area contributed by atoms with Gasteiger partial charge in [-0.15, -0.1) is 0 Å². The van der Waals surface area contributed by atoms with Gasteiger partial charge in [0.15, 0.2) is 0 Å². The molecule has 0 aliphatic carbocycles. The van der Waals surface area contributed by atoms with Crippen LogP contribution in [0.5, 0.6) is 17.2 Å². The summed E-state index contributed by atoms with van der Waals surface area (Å²) in [7, 11) is 0. The number of benzene rings is 4. The first-order valence-corrected chi connectivity index (χ1v) is 15.6. The molecule has 0 spiro atoms. The van der Waals surface area contributed by atoms with Gasteiger partial charge in [0.05, 0.1) is 16.8 Å². The number of aromatic nitrogens is 1. The molecule has 13 heteroatoms. The van der Waals surface area contributed by atoms with Crippen LogP contribution in [0.15, 0.2) is 99.3 Å². The fraction of sp³-hybridized carbons (Fsp3) is 0.162. The van der Waals surface area contributed by atoms with E-state index in [1.807, 2.05) is 4.90 Å². The molecule has 1 aliphatic heterocycles. The molecule has 3 heterocycles. The highest BCUT2D eigenvalue weighted by molar-refractivity contribution is 5.94. The summed E-state index contributed by atoms with van der Waals surface area (Å²) in [5, 5.41) is 29.7. The molecule has 6 aromatic rings. The van der Waals surface area contributed by atoms with E-state index in [0.29, 0.717) is 49.7 Å². The second-order valence-corrected chi connectivity index (χ2v) is 11.9. The molecule has 1 fully saturated rings. The van der Waals surface area contributed by atoms with Gasteiger partial charge in [-0.2, -0.15) is 0 Å². The van der Waals surface area contributed by atoms with Crippen LogP contribution in [0, 0.1) is 11.6 Å². The SMILES string of the molecule is O=C(O)c1cn(-c2ccc(F)cc2)c2cc(N3CCN(CCOc4cc(O)c5c(=O)c(-c6ccc(O)cc6)coc5c4)CC3)c(F)cc2c1=O. The number of ether oxygens (including phenoxy) is 1. The van der Waals surface area contributed by atoms with Crippen LogP contribution in [0.3, 0.4) is 0 Å². The van der Waals surface area contributed by atoms with Crippen molar-refractivity contribution in [3.8, 4) is 34.1 Å². The average Bonchev–Trinajstić information content (AvgIpc) is 3.10. The molecule has 7 rings (SSSR count). The largest absolute Gasteiger partial charge is 0.508 e. The number of carboxylic acids is 1. The fourth-order valence-electron chi connectivity index (χ4n) is 6.18. The fourth-order valence-corrected chi connectivity index (χ4v) is 6.18. The zero-order chi connectivity index (χ0) is 35.1. The number of hydrogen-bond donors (Lipinski definition) is 3. The number of piperazine rings is 1. The van der Waals surface area contributed by atoms with Crippen molar-refractivity contribution in [2.75, 3.05) is 44.2 Å².